The number of nitrogens with two attached hydrogens (primary N) is 1. The Labute approximate surface area is 134 Å². The van der Waals surface area contributed by atoms with Crippen LogP contribution in [0.4, 0.5) is 5.69 Å². The maximum absolute atomic E-state index is 12.1. The van der Waals surface area contributed by atoms with E-state index in [4.69, 9.17) is 5.73 Å². The van der Waals surface area contributed by atoms with Crippen molar-refractivity contribution in [2.24, 2.45) is 11.7 Å². The Morgan fingerprint density at radius 2 is 2.05 bits per heavy atom. The Hall–Kier alpha value is -1.43. The number of aromatic nitrogens is 1. The van der Waals surface area contributed by atoms with Crippen molar-refractivity contribution in [2.45, 2.75) is 25.3 Å². The average molecular weight is 324 g/mol. The molecule has 0 spiro atoms. The highest BCUT2D eigenvalue weighted by atomic mass is 35.5. The summed E-state index contributed by atoms with van der Waals surface area (Å²) in [4.78, 5) is 16.4. The molecule has 1 heterocycles. The fraction of sp³-hybridized carbons (Fsp3) is 0.333. The zero-order valence-electron chi connectivity index (χ0n) is 11.5. The largest absolute Gasteiger partial charge is 0.327 e. The smallest absolute Gasteiger partial charge is 0.229 e. The van der Waals surface area contributed by atoms with Gasteiger partial charge in [0.05, 0.1) is 5.92 Å². The summed E-state index contributed by atoms with van der Waals surface area (Å²) in [5.41, 5.74) is 7.83. The molecular formula is C15H18ClN3OS. The van der Waals surface area contributed by atoms with Crippen LogP contribution in [0.25, 0.3) is 10.6 Å². The highest BCUT2D eigenvalue weighted by Crippen LogP contribution is 2.26. The topological polar surface area (TPSA) is 68.0 Å². The lowest BCUT2D eigenvalue weighted by Crippen LogP contribution is -2.34. The molecule has 1 amide bonds. The molecule has 2 aromatic rings. The van der Waals surface area contributed by atoms with E-state index >= 15 is 0 Å². The second kappa shape index (κ2) is 7.02. The molecule has 1 fully saturated rings. The van der Waals surface area contributed by atoms with Gasteiger partial charge in [0.15, 0.2) is 0 Å². The third-order valence-corrected chi connectivity index (χ3v) is 4.56. The fourth-order valence-corrected chi connectivity index (χ4v) is 3.26. The Morgan fingerprint density at radius 3 is 2.62 bits per heavy atom. The molecule has 3 N–H and O–H groups in total. The van der Waals surface area contributed by atoms with Gasteiger partial charge in [-0.1, -0.05) is 6.42 Å². The van der Waals surface area contributed by atoms with Crippen molar-refractivity contribution in [3.8, 4) is 10.6 Å². The van der Waals surface area contributed by atoms with Crippen LogP contribution in [0.5, 0.6) is 0 Å². The Morgan fingerprint density at radius 1 is 1.29 bits per heavy atom. The summed E-state index contributed by atoms with van der Waals surface area (Å²) in [5, 5.41) is 5.89. The van der Waals surface area contributed by atoms with Crippen LogP contribution in [0.2, 0.25) is 0 Å². The molecule has 1 aromatic heterocycles. The summed E-state index contributed by atoms with van der Waals surface area (Å²) in [7, 11) is 0. The highest BCUT2D eigenvalue weighted by molar-refractivity contribution is 7.13. The molecule has 21 heavy (non-hydrogen) atoms. The van der Waals surface area contributed by atoms with Gasteiger partial charge in [0.25, 0.3) is 0 Å². The maximum atomic E-state index is 12.1. The molecule has 112 valence electrons. The van der Waals surface area contributed by atoms with Gasteiger partial charge < -0.3 is 11.1 Å². The molecule has 2 unspecified atom stereocenters. The summed E-state index contributed by atoms with van der Waals surface area (Å²) in [6, 6.07) is 7.78. The van der Waals surface area contributed by atoms with Gasteiger partial charge in [-0.3, -0.25) is 4.79 Å². The zero-order valence-corrected chi connectivity index (χ0v) is 13.1. The van der Waals surface area contributed by atoms with Gasteiger partial charge in [0, 0.05) is 28.9 Å². The van der Waals surface area contributed by atoms with Crippen LogP contribution in [-0.2, 0) is 4.79 Å². The molecule has 3 rings (SSSR count). The lowest BCUT2D eigenvalue weighted by molar-refractivity contribution is -0.120. The van der Waals surface area contributed by atoms with E-state index in [0.29, 0.717) is 0 Å². The molecule has 4 nitrogen and oxygen atoms in total. The Balaban J connectivity index is 0.00000161. The number of hydrogen-bond donors (Lipinski definition) is 2. The van der Waals surface area contributed by atoms with Gasteiger partial charge >= 0.3 is 0 Å². The van der Waals surface area contributed by atoms with Crippen molar-refractivity contribution in [1.29, 1.82) is 0 Å². The molecule has 1 aliphatic rings. The number of hydrogen-bond acceptors (Lipinski definition) is 4. The number of rotatable bonds is 3. The number of carbonyl (C=O) groups excluding carboxylic acids is 1. The summed E-state index contributed by atoms with van der Waals surface area (Å²) < 4.78 is 0. The molecule has 0 saturated heterocycles. The monoisotopic (exact) mass is 323 g/mol. The van der Waals surface area contributed by atoms with Crippen molar-refractivity contribution in [3.05, 3.63) is 35.8 Å². The highest BCUT2D eigenvalue weighted by Gasteiger charge is 2.30. The summed E-state index contributed by atoms with van der Waals surface area (Å²) in [6.45, 7) is 0. The molecule has 0 radical (unpaired) electrons. The van der Waals surface area contributed by atoms with Crippen LogP contribution in [0.3, 0.4) is 0 Å². The lowest BCUT2D eigenvalue weighted by Gasteiger charge is -2.15. The minimum atomic E-state index is -0.0476. The van der Waals surface area contributed by atoms with Gasteiger partial charge in [0.1, 0.15) is 5.01 Å². The van der Waals surface area contributed by atoms with E-state index in [0.717, 1.165) is 35.5 Å². The molecule has 1 saturated carbocycles. The summed E-state index contributed by atoms with van der Waals surface area (Å²) in [6.07, 6.45) is 4.67. The molecule has 1 aromatic carbocycles. The van der Waals surface area contributed by atoms with Crippen LogP contribution >= 0.6 is 23.7 Å². The van der Waals surface area contributed by atoms with E-state index in [-0.39, 0.29) is 30.3 Å². The van der Waals surface area contributed by atoms with Crippen molar-refractivity contribution < 1.29 is 4.79 Å². The van der Waals surface area contributed by atoms with Gasteiger partial charge in [-0.05, 0) is 37.1 Å². The van der Waals surface area contributed by atoms with Crippen LogP contribution in [-0.4, -0.2) is 16.9 Å². The molecule has 0 bridgehead atoms. The van der Waals surface area contributed by atoms with Crippen molar-refractivity contribution in [2.75, 3.05) is 5.32 Å². The van der Waals surface area contributed by atoms with Gasteiger partial charge in [-0.2, -0.15) is 0 Å². The summed E-state index contributed by atoms with van der Waals surface area (Å²) in [5.74, 6) is -0.00867. The van der Waals surface area contributed by atoms with Crippen LogP contribution < -0.4 is 11.1 Å². The predicted octanol–water partition coefficient (Wildman–Crippen LogP) is 3.30. The van der Waals surface area contributed by atoms with E-state index in [1.54, 1.807) is 17.5 Å². The average Bonchev–Trinajstić information content (AvgIpc) is 3.10. The zero-order chi connectivity index (χ0) is 13.9. The fourth-order valence-electron chi connectivity index (χ4n) is 2.61. The number of halogens is 1. The molecule has 2 atom stereocenters. The Bertz CT molecular complexity index is 585. The third kappa shape index (κ3) is 3.61. The summed E-state index contributed by atoms with van der Waals surface area (Å²) >= 11 is 1.60. The van der Waals surface area contributed by atoms with Gasteiger partial charge in [-0.15, -0.1) is 23.7 Å². The standard InChI is InChI=1S/C15H17N3OS.ClH/c16-13-3-1-2-12(13)14(19)18-11-6-4-10(5-7-11)15-17-8-9-20-15;/h4-9,12-13H,1-3,16H2,(H,18,19);1H. The van der Waals surface area contributed by atoms with Crippen LogP contribution in [0.15, 0.2) is 35.8 Å². The first-order chi connectivity index (χ1) is 9.74. The molecular weight excluding hydrogens is 306 g/mol. The number of nitrogens with one attached hydrogen (secondary N) is 1. The first-order valence-corrected chi connectivity index (χ1v) is 7.68. The minimum absolute atomic E-state index is 0. The van der Waals surface area contributed by atoms with Crippen molar-refractivity contribution in [1.82, 2.24) is 4.98 Å². The van der Waals surface area contributed by atoms with E-state index in [9.17, 15) is 4.79 Å². The molecule has 1 aliphatic carbocycles. The number of thiazole rings is 1. The predicted molar refractivity (Wildman–Crippen MR) is 88.7 cm³/mol. The quantitative estimate of drug-likeness (QED) is 0.910. The number of amides is 1. The number of anilines is 1. The van der Waals surface area contributed by atoms with Gasteiger partial charge in [-0.25, -0.2) is 4.98 Å². The first kappa shape index (κ1) is 15.9. The first-order valence-electron chi connectivity index (χ1n) is 6.80. The van der Waals surface area contributed by atoms with E-state index in [1.165, 1.54) is 0 Å². The SMILES string of the molecule is Cl.NC1CCCC1C(=O)Nc1ccc(-c2nccs2)cc1. The van der Waals surface area contributed by atoms with Crippen molar-refractivity contribution >= 4 is 35.3 Å². The van der Waals surface area contributed by atoms with E-state index < -0.39 is 0 Å². The van der Waals surface area contributed by atoms with Crippen LogP contribution in [0, 0.1) is 5.92 Å². The minimum Gasteiger partial charge on any atom is -0.327 e. The lowest BCUT2D eigenvalue weighted by atomic mass is 10.0. The third-order valence-electron chi connectivity index (χ3n) is 3.74. The van der Waals surface area contributed by atoms with Gasteiger partial charge in [0.2, 0.25) is 5.91 Å². The number of nitrogens with zero attached hydrogens (tertiary/aromatic N) is 1. The maximum Gasteiger partial charge on any atom is 0.229 e. The normalized spacial score (nSPS) is 20.8. The number of benzene rings is 1. The Kier molecular flexibility index (Phi) is 5.33. The second-order valence-electron chi connectivity index (χ2n) is 5.11. The molecule has 0 aliphatic heterocycles. The van der Waals surface area contributed by atoms with E-state index in [1.807, 2.05) is 29.6 Å². The van der Waals surface area contributed by atoms with Crippen LogP contribution in [0.1, 0.15) is 19.3 Å². The van der Waals surface area contributed by atoms with E-state index in [2.05, 4.69) is 10.3 Å². The second-order valence-corrected chi connectivity index (χ2v) is 6.00. The molecule has 6 heteroatoms. The van der Waals surface area contributed by atoms with Crippen molar-refractivity contribution in [3.63, 3.8) is 0 Å². The number of carbonyl (C=O) groups is 1.